The van der Waals surface area contributed by atoms with Crippen LogP contribution in [0.1, 0.15) is 69.1 Å². The highest BCUT2D eigenvalue weighted by molar-refractivity contribution is 6.23. The van der Waals surface area contributed by atoms with Gasteiger partial charge in [0.2, 0.25) is 11.8 Å². The van der Waals surface area contributed by atoms with Gasteiger partial charge >= 0.3 is 5.92 Å². The van der Waals surface area contributed by atoms with Crippen molar-refractivity contribution in [3.63, 3.8) is 0 Å². The fourth-order valence-electron chi connectivity index (χ4n) is 9.31. The Morgan fingerprint density at radius 2 is 1.57 bits per heavy atom. The van der Waals surface area contributed by atoms with E-state index in [4.69, 9.17) is 9.72 Å². The van der Waals surface area contributed by atoms with Crippen molar-refractivity contribution in [2.24, 2.45) is 0 Å². The van der Waals surface area contributed by atoms with E-state index in [1.54, 1.807) is 36.7 Å². The van der Waals surface area contributed by atoms with Gasteiger partial charge in [-0.15, -0.1) is 0 Å². The number of rotatable bonds is 11. The molecule has 4 aliphatic heterocycles. The molecule has 10 rings (SSSR count). The van der Waals surface area contributed by atoms with Crippen molar-refractivity contribution in [3.8, 4) is 22.4 Å². The third kappa shape index (κ3) is 8.47. The van der Waals surface area contributed by atoms with E-state index in [1.165, 1.54) is 48.5 Å². The second-order valence-corrected chi connectivity index (χ2v) is 17.3. The number of nitrogens with zero attached hydrogens (tertiary/aromatic N) is 7. The van der Waals surface area contributed by atoms with Crippen LogP contribution in [0.4, 0.5) is 23.2 Å². The van der Waals surface area contributed by atoms with Crippen LogP contribution in [-0.2, 0) is 38.1 Å². The van der Waals surface area contributed by atoms with Crippen LogP contribution < -0.4 is 15.5 Å². The quantitative estimate of drug-likeness (QED) is 0.117. The molecule has 3 saturated heterocycles. The number of morpholine rings is 1. The van der Waals surface area contributed by atoms with E-state index >= 15 is 17.6 Å². The number of benzene rings is 4. The van der Waals surface area contributed by atoms with Gasteiger partial charge in [0.1, 0.15) is 17.7 Å². The number of carbonyl (C=O) groups is 5. The van der Waals surface area contributed by atoms with Gasteiger partial charge in [-0.1, -0.05) is 30.3 Å². The average Bonchev–Trinajstić information content (AvgIpc) is 3.94. The molecule has 4 aromatic carbocycles. The molecule has 1 unspecified atom stereocenters. The smallest absolute Gasteiger partial charge is 0.349 e. The minimum Gasteiger partial charge on any atom is -0.379 e. The maximum atomic E-state index is 15.7. The number of anilines is 1. The van der Waals surface area contributed by atoms with Crippen molar-refractivity contribution in [2.75, 3.05) is 44.3 Å². The van der Waals surface area contributed by atoms with Crippen molar-refractivity contribution in [1.29, 1.82) is 0 Å². The van der Waals surface area contributed by atoms with Crippen LogP contribution >= 0.6 is 0 Å². The van der Waals surface area contributed by atoms with E-state index in [1.807, 2.05) is 20.7 Å². The topological polar surface area (TPSA) is 172 Å². The molecule has 0 radical (unpaired) electrons. The monoisotopic (exact) mass is 929 g/mol. The van der Waals surface area contributed by atoms with Gasteiger partial charge in [0, 0.05) is 79.8 Å². The highest BCUT2D eigenvalue weighted by atomic mass is 19.3. The highest BCUT2D eigenvalue weighted by Crippen LogP contribution is 2.36. The molecule has 19 heteroatoms. The zero-order valence-electron chi connectivity index (χ0n) is 36.4. The van der Waals surface area contributed by atoms with Crippen molar-refractivity contribution in [2.45, 2.75) is 56.8 Å². The number of hydrogen-bond acceptors (Lipinski definition) is 11. The van der Waals surface area contributed by atoms with Crippen molar-refractivity contribution < 1.29 is 46.3 Å². The van der Waals surface area contributed by atoms with Crippen molar-refractivity contribution in [3.05, 3.63) is 131 Å². The summed E-state index contributed by atoms with van der Waals surface area (Å²) in [7, 11) is 0. The van der Waals surface area contributed by atoms with Gasteiger partial charge in [0.25, 0.3) is 17.7 Å². The molecule has 2 aromatic heterocycles. The fourth-order valence-corrected chi connectivity index (χ4v) is 9.31. The maximum absolute atomic E-state index is 15.7. The minimum atomic E-state index is -3.92. The molecule has 6 heterocycles. The van der Waals surface area contributed by atoms with E-state index in [2.05, 4.69) is 20.7 Å². The van der Waals surface area contributed by atoms with Gasteiger partial charge in [0.15, 0.2) is 0 Å². The Bertz CT molecular complexity index is 3000. The molecule has 68 heavy (non-hydrogen) atoms. The molecule has 348 valence electrons. The third-order valence-electron chi connectivity index (χ3n) is 13.1. The van der Waals surface area contributed by atoms with Crippen LogP contribution in [0.5, 0.6) is 0 Å². The first-order valence-corrected chi connectivity index (χ1v) is 22.3. The van der Waals surface area contributed by atoms with Gasteiger partial charge < -0.3 is 15.0 Å². The molecular formula is C49H43F4N9O6. The molecule has 0 spiro atoms. The summed E-state index contributed by atoms with van der Waals surface area (Å²) in [5.74, 6) is -9.46. The first-order chi connectivity index (χ1) is 32.8. The van der Waals surface area contributed by atoms with Gasteiger partial charge in [-0.3, -0.25) is 48.8 Å². The zero-order chi connectivity index (χ0) is 47.3. The van der Waals surface area contributed by atoms with Gasteiger partial charge in [-0.25, -0.2) is 13.8 Å². The van der Waals surface area contributed by atoms with Gasteiger partial charge in [0.05, 0.1) is 59.5 Å². The van der Waals surface area contributed by atoms with Crippen LogP contribution in [0.25, 0.3) is 33.4 Å². The molecule has 5 amide bonds. The fraction of sp³-hybridized carbons (Fsp3) is 0.306. The van der Waals surface area contributed by atoms with Crippen LogP contribution in [0.15, 0.2) is 91.4 Å². The number of para-hydroxylation sites is 1. The lowest BCUT2D eigenvalue weighted by Gasteiger charge is -2.34. The molecule has 4 aliphatic rings. The van der Waals surface area contributed by atoms with Crippen LogP contribution in [0.2, 0.25) is 0 Å². The third-order valence-corrected chi connectivity index (χ3v) is 13.1. The molecule has 0 saturated carbocycles. The Labute approximate surface area is 386 Å². The Morgan fingerprint density at radius 3 is 2.34 bits per heavy atom. The number of nitrogens with one attached hydrogen (secondary N) is 2. The number of amides is 5. The van der Waals surface area contributed by atoms with Crippen LogP contribution in [0.3, 0.4) is 0 Å². The predicted octanol–water partition coefficient (Wildman–Crippen LogP) is 5.92. The number of hydrogen-bond donors (Lipinski definition) is 2. The summed E-state index contributed by atoms with van der Waals surface area (Å²) < 4.78 is 69.6. The second kappa shape index (κ2) is 18.0. The standard InChI is InChI=1S/C49H43F4N9O6/c50-38-20-29(21-39(51)37(38)27-59-15-17-68-18-16-59)34-5-2-6-40-44(34)57-41(25-54-40)30-24-56-61(26-30)32-11-13-60(14-12-32)33-4-1-3-31(22-33)49(52,53)48(67)55-23-28-7-8-35-36(19-28)47(66)62(46(35)65)42-9-10-43(63)58-45(42)64/h1-8,19-22,24-26,32,42H,9-18,23,27H2,(H,55,67)(H,58,63,64). The largest absolute Gasteiger partial charge is 0.379 e. The highest BCUT2D eigenvalue weighted by Gasteiger charge is 2.45. The number of fused-ring (bicyclic) bond motifs is 2. The second-order valence-electron chi connectivity index (χ2n) is 17.3. The summed E-state index contributed by atoms with van der Waals surface area (Å²) in [6.07, 6.45) is 6.40. The van der Waals surface area contributed by atoms with Crippen LogP contribution in [0, 0.1) is 11.6 Å². The molecule has 6 aromatic rings. The average molecular weight is 930 g/mol. The number of ether oxygens (including phenoxy) is 1. The van der Waals surface area contributed by atoms with E-state index in [-0.39, 0.29) is 54.2 Å². The molecule has 0 aliphatic carbocycles. The van der Waals surface area contributed by atoms with Gasteiger partial charge in [-0.2, -0.15) is 13.9 Å². The number of aromatic nitrogens is 4. The molecule has 0 bridgehead atoms. The lowest BCUT2D eigenvalue weighted by molar-refractivity contribution is -0.147. The SMILES string of the molecule is O=C1CCC(N2C(=O)c3ccc(CNC(=O)C(F)(F)c4cccc(N5CCC(n6cc(-c7cnc8cccc(-c9cc(F)c(CN%10CCOCC%10)c(F)c9)c8n7)cn6)CC5)c4)cc3C2=O)C(=O)N1. The van der Waals surface area contributed by atoms with E-state index < -0.39 is 58.7 Å². The van der Waals surface area contributed by atoms with Crippen LogP contribution in [-0.4, -0.2) is 105 Å². The lowest BCUT2D eigenvalue weighted by Crippen LogP contribution is -2.54. The summed E-state index contributed by atoms with van der Waals surface area (Å²) in [6, 6.07) is 16.6. The summed E-state index contributed by atoms with van der Waals surface area (Å²) in [6.45, 7) is 3.03. The van der Waals surface area contributed by atoms with Gasteiger partial charge in [-0.05, 0) is 72.9 Å². The Balaban J connectivity index is 0.770. The lowest BCUT2D eigenvalue weighted by atomic mass is 10.0. The number of carbonyl (C=O) groups excluding carboxylic acids is 5. The predicted molar refractivity (Wildman–Crippen MR) is 238 cm³/mol. The summed E-state index contributed by atoms with van der Waals surface area (Å²) in [4.78, 5) is 77.5. The number of alkyl halides is 2. The number of piperidine rings is 2. The Kier molecular flexibility index (Phi) is 11.8. The summed E-state index contributed by atoms with van der Waals surface area (Å²) in [5, 5.41) is 9.01. The van der Waals surface area contributed by atoms with Crippen molar-refractivity contribution in [1.82, 2.24) is 40.2 Å². The molecule has 2 N–H and O–H groups in total. The van der Waals surface area contributed by atoms with E-state index in [9.17, 15) is 24.0 Å². The molecular weight excluding hydrogens is 887 g/mol. The van der Waals surface area contributed by atoms with E-state index in [0.29, 0.717) is 91.3 Å². The zero-order valence-corrected chi connectivity index (χ0v) is 36.4. The first-order valence-electron chi connectivity index (χ1n) is 22.3. The van der Waals surface area contributed by atoms with E-state index in [0.717, 1.165) is 4.90 Å². The molecule has 1 atom stereocenters. The summed E-state index contributed by atoms with van der Waals surface area (Å²) >= 11 is 0. The Hall–Kier alpha value is -7.38. The number of halogens is 4. The first kappa shape index (κ1) is 44.5. The Morgan fingerprint density at radius 1 is 0.824 bits per heavy atom. The number of imide groups is 2. The minimum absolute atomic E-state index is 0.00776. The molecule has 15 nitrogen and oxygen atoms in total. The van der Waals surface area contributed by atoms with Crippen molar-refractivity contribution >= 4 is 46.3 Å². The maximum Gasteiger partial charge on any atom is 0.349 e. The normalized spacial score (nSPS) is 18.3. The molecule has 3 fully saturated rings. The summed E-state index contributed by atoms with van der Waals surface area (Å²) in [5.41, 5.74) is 3.44.